The van der Waals surface area contributed by atoms with Crippen LogP contribution in [-0.4, -0.2) is 12.0 Å². The maximum Gasteiger partial charge on any atom is 0.258 e. The van der Waals surface area contributed by atoms with Crippen LogP contribution < -0.4 is 10.5 Å². The van der Waals surface area contributed by atoms with Crippen molar-refractivity contribution in [2.24, 2.45) is 5.73 Å². The summed E-state index contributed by atoms with van der Waals surface area (Å²) in [7, 11) is 0. The number of rotatable bonds is 3. The molecule has 0 radical (unpaired) electrons. The predicted octanol–water partition coefficient (Wildman–Crippen LogP) is 1.70. The molecule has 13 heavy (non-hydrogen) atoms. The summed E-state index contributed by atoms with van der Waals surface area (Å²) in [6, 6.07) is 7.30. The minimum absolute atomic E-state index is 0.476. The van der Waals surface area contributed by atoms with Gasteiger partial charge in [-0.25, -0.2) is 0 Å². The predicted molar refractivity (Wildman–Crippen MR) is 53.4 cm³/mol. The fraction of sp³-hybridized carbons (Fsp3) is 0.222. The number of benzene rings is 1. The van der Waals surface area contributed by atoms with Crippen molar-refractivity contribution in [3.8, 4) is 5.75 Å². The number of hydrogen-bond donors (Lipinski definition) is 1. The van der Waals surface area contributed by atoms with E-state index in [0.29, 0.717) is 5.75 Å². The molecule has 1 aromatic rings. The summed E-state index contributed by atoms with van der Waals surface area (Å²) in [4.78, 5) is 10.7. The molecule has 0 bridgehead atoms. The molecular formula is C9H10BrNO2. The van der Waals surface area contributed by atoms with Gasteiger partial charge >= 0.3 is 0 Å². The quantitative estimate of drug-likeness (QED) is 0.879. The van der Waals surface area contributed by atoms with Crippen LogP contribution in [-0.2, 0) is 4.79 Å². The lowest BCUT2D eigenvalue weighted by Crippen LogP contribution is -2.30. The van der Waals surface area contributed by atoms with Gasteiger partial charge in [0.2, 0.25) is 0 Å². The van der Waals surface area contributed by atoms with E-state index in [-0.39, 0.29) is 0 Å². The SMILES string of the molecule is C[C@H](Oc1ccccc1Br)C(N)=O. The van der Waals surface area contributed by atoms with Crippen molar-refractivity contribution in [3.63, 3.8) is 0 Å². The molecule has 0 aromatic heterocycles. The van der Waals surface area contributed by atoms with Crippen LogP contribution in [0.4, 0.5) is 0 Å². The fourth-order valence-corrected chi connectivity index (χ4v) is 1.17. The average Bonchev–Trinajstić information content (AvgIpc) is 2.08. The molecule has 0 saturated heterocycles. The second-order valence-corrected chi connectivity index (χ2v) is 3.45. The highest BCUT2D eigenvalue weighted by molar-refractivity contribution is 9.10. The molecule has 0 aliphatic heterocycles. The van der Waals surface area contributed by atoms with Crippen LogP contribution in [0.25, 0.3) is 0 Å². The van der Waals surface area contributed by atoms with Gasteiger partial charge in [0.05, 0.1) is 4.47 Å². The molecular weight excluding hydrogens is 234 g/mol. The van der Waals surface area contributed by atoms with Crippen molar-refractivity contribution in [1.29, 1.82) is 0 Å². The number of nitrogens with two attached hydrogens (primary N) is 1. The van der Waals surface area contributed by atoms with Crippen LogP contribution >= 0.6 is 15.9 Å². The van der Waals surface area contributed by atoms with Gasteiger partial charge in [0.1, 0.15) is 5.75 Å². The standard InChI is InChI=1S/C9H10BrNO2/c1-6(9(11)12)13-8-5-3-2-4-7(8)10/h2-6H,1H3,(H2,11,12)/t6-/m0/s1. The van der Waals surface area contributed by atoms with Crippen LogP contribution in [0.5, 0.6) is 5.75 Å². The van der Waals surface area contributed by atoms with Crippen LogP contribution in [0, 0.1) is 0 Å². The number of halogens is 1. The molecule has 1 rings (SSSR count). The minimum atomic E-state index is -0.612. The zero-order valence-corrected chi connectivity index (χ0v) is 8.74. The monoisotopic (exact) mass is 243 g/mol. The van der Waals surface area contributed by atoms with Gasteiger partial charge in [-0.3, -0.25) is 4.79 Å². The molecule has 4 heteroatoms. The highest BCUT2D eigenvalue weighted by Gasteiger charge is 2.11. The lowest BCUT2D eigenvalue weighted by molar-refractivity contribution is -0.124. The van der Waals surface area contributed by atoms with E-state index in [0.717, 1.165) is 4.47 Å². The largest absolute Gasteiger partial charge is 0.480 e. The van der Waals surface area contributed by atoms with Crippen molar-refractivity contribution >= 4 is 21.8 Å². The first-order valence-corrected chi connectivity index (χ1v) is 4.61. The summed E-state index contributed by atoms with van der Waals surface area (Å²) in [5, 5.41) is 0. The highest BCUT2D eigenvalue weighted by atomic mass is 79.9. The number of primary amides is 1. The highest BCUT2D eigenvalue weighted by Crippen LogP contribution is 2.24. The van der Waals surface area contributed by atoms with E-state index in [1.54, 1.807) is 13.0 Å². The van der Waals surface area contributed by atoms with Gasteiger partial charge in [0.15, 0.2) is 6.10 Å². The Hall–Kier alpha value is -1.03. The minimum Gasteiger partial charge on any atom is -0.480 e. The van der Waals surface area contributed by atoms with Crippen molar-refractivity contribution in [2.75, 3.05) is 0 Å². The van der Waals surface area contributed by atoms with Crippen LogP contribution in [0.3, 0.4) is 0 Å². The molecule has 0 spiro atoms. The molecule has 70 valence electrons. The van der Waals surface area contributed by atoms with Gasteiger partial charge in [-0.05, 0) is 35.0 Å². The molecule has 0 fully saturated rings. The molecule has 0 unspecified atom stereocenters. The van der Waals surface area contributed by atoms with Crippen LogP contribution in [0.1, 0.15) is 6.92 Å². The van der Waals surface area contributed by atoms with E-state index >= 15 is 0 Å². The Bertz CT molecular complexity index is 314. The maximum atomic E-state index is 10.7. The third-order valence-electron chi connectivity index (χ3n) is 1.54. The number of hydrogen-bond acceptors (Lipinski definition) is 2. The molecule has 0 aliphatic carbocycles. The summed E-state index contributed by atoms with van der Waals surface area (Å²) >= 11 is 3.30. The van der Waals surface area contributed by atoms with Crippen molar-refractivity contribution in [2.45, 2.75) is 13.0 Å². The van der Waals surface area contributed by atoms with Crippen molar-refractivity contribution < 1.29 is 9.53 Å². The fourth-order valence-electron chi connectivity index (χ4n) is 0.789. The molecule has 0 aliphatic rings. The second-order valence-electron chi connectivity index (χ2n) is 2.59. The van der Waals surface area contributed by atoms with E-state index in [2.05, 4.69) is 15.9 Å². The first-order chi connectivity index (χ1) is 6.11. The normalized spacial score (nSPS) is 12.2. The number of amides is 1. The summed E-state index contributed by atoms with van der Waals surface area (Å²) in [5.41, 5.74) is 5.05. The molecule has 1 aromatic carbocycles. The Kier molecular flexibility index (Phi) is 3.31. The zero-order chi connectivity index (χ0) is 9.84. The zero-order valence-electron chi connectivity index (χ0n) is 7.16. The van der Waals surface area contributed by atoms with Gasteiger partial charge < -0.3 is 10.5 Å². The number of carbonyl (C=O) groups is 1. The van der Waals surface area contributed by atoms with Gasteiger partial charge in [0, 0.05) is 0 Å². The number of para-hydroxylation sites is 1. The molecule has 0 heterocycles. The number of carbonyl (C=O) groups excluding carboxylic acids is 1. The first kappa shape index (κ1) is 10.1. The van der Waals surface area contributed by atoms with Gasteiger partial charge in [-0.1, -0.05) is 12.1 Å². The molecule has 3 nitrogen and oxygen atoms in total. The first-order valence-electron chi connectivity index (χ1n) is 3.81. The number of ether oxygens (including phenoxy) is 1. The summed E-state index contributed by atoms with van der Waals surface area (Å²) in [5.74, 6) is 0.143. The van der Waals surface area contributed by atoms with Crippen molar-refractivity contribution in [3.05, 3.63) is 28.7 Å². The van der Waals surface area contributed by atoms with E-state index in [1.807, 2.05) is 18.2 Å². The van der Waals surface area contributed by atoms with Crippen LogP contribution in [0.2, 0.25) is 0 Å². The van der Waals surface area contributed by atoms with Crippen LogP contribution in [0.15, 0.2) is 28.7 Å². The summed E-state index contributed by atoms with van der Waals surface area (Å²) in [6.45, 7) is 1.61. The Balaban J connectivity index is 2.74. The van der Waals surface area contributed by atoms with Crippen molar-refractivity contribution in [1.82, 2.24) is 0 Å². The van der Waals surface area contributed by atoms with Gasteiger partial charge in [0.25, 0.3) is 5.91 Å². The Morgan fingerprint density at radius 1 is 1.54 bits per heavy atom. The van der Waals surface area contributed by atoms with Gasteiger partial charge in [-0.15, -0.1) is 0 Å². The maximum absolute atomic E-state index is 10.7. The lowest BCUT2D eigenvalue weighted by atomic mass is 10.3. The summed E-state index contributed by atoms with van der Waals surface area (Å²) in [6.07, 6.45) is -0.612. The smallest absolute Gasteiger partial charge is 0.258 e. The van der Waals surface area contributed by atoms with E-state index < -0.39 is 12.0 Å². The average molecular weight is 244 g/mol. The van der Waals surface area contributed by atoms with E-state index in [9.17, 15) is 4.79 Å². The molecule has 1 amide bonds. The van der Waals surface area contributed by atoms with E-state index in [4.69, 9.17) is 10.5 Å². The van der Waals surface area contributed by atoms with Gasteiger partial charge in [-0.2, -0.15) is 0 Å². The third-order valence-corrected chi connectivity index (χ3v) is 2.20. The lowest BCUT2D eigenvalue weighted by Gasteiger charge is -2.11. The Morgan fingerprint density at radius 3 is 2.69 bits per heavy atom. The Morgan fingerprint density at radius 2 is 2.15 bits per heavy atom. The molecule has 2 N–H and O–H groups in total. The second kappa shape index (κ2) is 4.28. The third kappa shape index (κ3) is 2.73. The van der Waals surface area contributed by atoms with E-state index in [1.165, 1.54) is 0 Å². The Labute approximate surface area is 85.0 Å². The topological polar surface area (TPSA) is 52.3 Å². The molecule has 0 saturated carbocycles. The summed E-state index contributed by atoms with van der Waals surface area (Å²) < 4.78 is 6.09. The molecule has 1 atom stereocenters.